The third-order valence-corrected chi connectivity index (χ3v) is 3.48. The van der Waals surface area contributed by atoms with Crippen molar-refractivity contribution < 1.29 is 14.3 Å². The van der Waals surface area contributed by atoms with E-state index in [4.69, 9.17) is 4.74 Å². The van der Waals surface area contributed by atoms with Crippen molar-refractivity contribution in [2.45, 2.75) is 32.1 Å². The highest BCUT2D eigenvalue weighted by molar-refractivity contribution is 6.00. The second-order valence-electron chi connectivity index (χ2n) is 4.78. The van der Waals surface area contributed by atoms with Crippen LogP contribution in [0.4, 0.5) is 0 Å². The number of ketones is 2. The lowest BCUT2D eigenvalue weighted by molar-refractivity contribution is -0.119. The van der Waals surface area contributed by atoms with E-state index in [9.17, 15) is 9.59 Å². The summed E-state index contributed by atoms with van der Waals surface area (Å²) in [5.41, 5.74) is 0.676. The molecule has 0 aromatic heterocycles. The third-order valence-electron chi connectivity index (χ3n) is 3.48. The summed E-state index contributed by atoms with van der Waals surface area (Å²) in [5, 5.41) is 0. The van der Waals surface area contributed by atoms with Crippen molar-refractivity contribution in [2.75, 3.05) is 7.11 Å². The van der Waals surface area contributed by atoms with Crippen LogP contribution in [0.25, 0.3) is 0 Å². The van der Waals surface area contributed by atoms with Crippen molar-refractivity contribution >= 4 is 11.6 Å². The average Bonchev–Trinajstić information content (AvgIpc) is 2.63. The number of Topliss-reactive ketones (excluding diaryl/α,β-unsaturated/α-hetero) is 2. The van der Waals surface area contributed by atoms with Gasteiger partial charge < -0.3 is 4.74 Å². The fraction of sp³-hybridized carbons (Fsp3) is 0.467. The summed E-state index contributed by atoms with van der Waals surface area (Å²) in [6.07, 6.45) is 3.76. The molecule has 0 N–H and O–H groups in total. The Hall–Kier alpha value is -1.64. The van der Waals surface area contributed by atoms with Crippen LogP contribution in [0.5, 0.6) is 5.75 Å². The van der Waals surface area contributed by atoms with E-state index in [0.29, 0.717) is 18.4 Å². The predicted octanol–water partition coefficient (Wildman–Crippen LogP) is 3.03. The van der Waals surface area contributed by atoms with Crippen molar-refractivity contribution in [1.29, 1.82) is 0 Å². The molecule has 0 aliphatic heterocycles. The molecule has 18 heavy (non-hydrogen) atoms. The molecule has 1 atom stereocenters. The molecule has 3 nitrogen and oxygen atoms in total. The fourth-order valence-corrected chi connectivity index (χ4v) is 2.41. The number of hydrogen-bond acceptors (Lipinski definition) is 3. The van der Waals surface area contributed by atoms with E-state index >= 15 is 0 Å². The molecule has 1 fully saturated rings. The van der Waals surface area contributed by atoms with Crippen molar-refractivity contribution in [1.82, 2.24) is 0 Å². The highest BCUT2D eigenvalue weighted by Gasteiger charge is 2.24. The summed E-state index contributed by atoms with van der Waals surface area (Å²) < 4.78 is 5.07. The van der Waals surface area contributed by atoms with Gasteiger partial charge in [-0.25, -0.2) is 0 Å². The van der Waals surface area contributed by atoms with Gasteiger partial charge in [0.2, 0.25) is 0 Å². The van der Waals surface area contributed by atoms with Crippen molar-refractivity contribution in [3.63, 3.8) is 0 Å². The molecule has 2 rings (SSSR count). The van der Waals surface area contributed by atoms with Gasteiger partial charge in [0.1, 0.15) is 11.5 Å². The summed E-state index contributed by atoms with van der Waals surface area (Å²) in [5.74, 6) is 0.921. The van der Waals surface area contributed by atoms with Crippen LogP contribution in [-0.4, -0.2) is 18.7 Å². The van der Waals surface area contributed by atoms with Crippen LogP contribution in [-0.2, 0) is 4.79 Å². The lowest BCUT2D eigenvalue weighted by atomic mass is 9.91. The van der Waals surface area contributed by atoms with Crippen molar-refractivity contribution in [3.05, 3.63) is 29.8 Å². The smallest absolute Gasteiger partial charge is 0.166 e. The molecule has 0 amide bonds. The maximum absolute atomic E-state index is 12.3. The Morgan fingerprint density at radius 1 is 1.22 bits per heavy atom. The topological polar surface area (TPSA) is 43.4 Å². The van der Waals surface area contributed by atoms with Gasteiger partial charge in [0.05, 0.1) is 7.11 Å². The molecule has 0 heterocycles. The van der Waals surface area contributed by atoms with Gasteiger partial charge in [-0.3, -0.25) is 9.59 Å². The number of carbonyl (C=O) groups excluding carboxylic acids is 2. The van der Waals surface area contributed by atoms with Crippen molar-refractivity contribution in [3.8, 4) is 5.75 Å². The predicted molar refractivity (Wildman–Crippen MR) is 68.9 cm³/mol. The maximum atomic E-state index is 12.3. The number of carbonyl (C=O) groups is 2. The van der Waals surface area contributed by atoms with Crippen LogP contribution in [0.15, 0.2) is 24.3 Å². The quantitative estimate of drug-likeness (QED) is 0.608. The Kier molecular flexibility index (Phi) is 4.13. The average molecular weight is 246 g/mol. The van der Waals surface area contributed by atoms with Crippen LogP contribution in [0, 0.1) is 5.92 Å². The molecule has 0 bridgehead atoms. The SMILES string of the molecule is COc1ccc(C(=O)C2CCCCC(=O)C2)cc1. The molecule has 1 aromatic rings. The van der Waals surface area contributed by atoms with E-state index in [1.54, 1.807) is 31.4 Å². The Morgan fingerprint density at radius 2 is 1.94 bits per heavy atom. The second-order valence-corrected chi connectivity index (χ2v) is 4.78. The maximum Gasteiger partial charge on any atom is 0.166 e. The molecule has 96 valence electrons. The van der Waals surface area contributed by atoms with Crippen LogP contribution < -0.4 is 4.74 Å². The van der Waals surface area contributed by atoms with E-state index in [0.717, 1.165) is 25.0 Å². The fourth-order valence-electron chi connectivity index (χ4n) is 2.41. The first-order valence-electron chi connectivity index (χ1n) is 6.40. The van der Waals surface area contributed by atoms with E-state index in [1.807, 2.05) is 0 Å². The molecular formula is C15H18O3. The molecule has 0 spiro atoms. The van der Waals surface area contributed by atoms with Gasteiger partial charge in [-0.1, -0.05) is 6.42 Å². The number of hydrogen-bond donors (Lipinski definition) is 0. The van der Waals surface area contributed by atoms with Gasteiger partial charge in [0.25, 0.3) is 0 Å². The van der Waals surface area contributed by atoms with Crippen LogP contribution in [0.2, 0.25) is 0 Å². The summed E-state index contributed by atoms with van der Waals surface area (Å²) in [7, 11) is 1.60. The number of rotatable bonds is 3. The molecule has 1 aliphatic rings. The molecule has 1 aliphatic carbocycles. The van der Waals surface area contributed by atoms with Crippen LogP contribution in [0.3, 0.4) is 0 Å². The summed E-state index contributed by atoms with van der Waals surface area (Å²) >= 11 is 0. The molecule has 0 saturated heterocycles. The second kappa shape index (κ2) is 5.80. The van der Waals surface area contributed by atoms with Gasteiger partial charge in [0.15, 0.2) is 5.78 Å². The number of benzene rings is 1. The largest absolute Gasteiger partial charge is 0.497 e. The minimum absolute atomic E-state index is 0.0907. The molecular weight excluding hydrogens is 228 g/mol. The Balaban J connectivity index is 2.11. The normalized spacial score (nSPS) is 20.3. The molecule has 1 unspecified atom stereocenters. The van der Waals surface area contributed by atoms with Gasteiger partial charge in [0, 0.05) is 24.3 Å². The minimum atomic E-state index is -0.131. The Labute approximate surface area is 107 Å². The Morgan fingerprint density at radius 3 is 2.61 bits per heavy atom. The summed E-state index contributed by atoms with van der Waals surface area (Å²) in [4.78, 5) is 23.9. The van der Waals surface area contributed by atoms with Gasteiger partial charge >= 0.3 is 0 Å². The number of ether oxygens (including phenoxy) is 1. The van der Waals surface area contributed by atoms with E-state index in [-0.39, 0.29) is 17.5 Å². The lowest BCUT2D eigenvalue weighted by Crippen LogP contribution is -2.16. The molecule has 0 radical (unpaired) electrons. The standard InChI is InChI=1S/C15H18O3/c1-18-14-8-6-11(7-9-14)15(17)12-4-2-3-5-13(16)10-12/h6-9,12H,2-5,10H2,1H3. The van der Waals surface area contributed by atoms with Gasteiger partial charge in [-0.05, 0) is 37.1 Å². The molecule has 3 heteroatoms. The summed E-state index contributed by atoms with van der Waals surface area (Å²) in [6, 6.07) is 7.12. The zero-order chi connectivity index (χ0) is 13.0. The zero-order valence-corrected chi connectivity index (χ0v) is 10.6. The van der Waals surface area contributed by atoms with E-state index in [2.05, 4.69) is 0 Å². The summed E-state index contributed by atoms with van der Waals surface area (Å²) in [6.45, 7) is 0. The first-order valence-corrected chi connectivity index (χ1v) is 6.40. The zero-order valence-electron chi connectivity index (χ0n) is 10.6. The number of methoxy groups -OCH3 is 1. The van der Waals surface area contributed by atoms with E-state index in [1.165, 1.54) is 0 Å². The van der Waals surface area contributed by atoms with Gasteiger partial charge in [-0.15, -0.1) is 0 Å². The van der Waals surface area contributed by atoms with E-state index < -0.39 is 0 Å². The highest BCUT2D eigenvalue weighted by atomic mass is 16.5. The first kappa shape index (κ1) is 12.8. The lowest BCUT2D eigenvalue weighted by Gasteiger charge is -2.12. The van der Waals surface area contributed by atoms with Gasteiger partial charge in [-0.2, -0.15) is 0 Å². The van der Waals surface area contributed by atoms with Crippen LogP contribution in [0.1, 0.15) is 42.5 Å². The third kappa shape index (κ3) is 2.97. The molecule has 1 aromatic carbocycles. The Bertz CT molecular complexity index is 434. The van der Waals surface area contributed by atoms with Crippen LogP contribution >= 0.6 is 0 Å². The molecule has 1 saturated carbocycles. The minimum Gasteiger partial charge on any atom is -0.497 e. The highest BCUT2D eigenvalue weighted by Crippen LogP contribution is 2.25. The monoisotopic (exact) mass is 246 g/mol. The van der Waals surface area contributed by atoms with Crippen molar-refractivity contribution in [2.24, 2.45) is 5.92 Å². The first-order chi connectivity index (χ1) is 8.70.